The van der Waals surface area contributed by atoms with E-state index in [9.17, 15) is 5.11 Å². The maximum Gasteiger partial charge on any atom is 0.219 e. The van der Waals surface area contributed by atoms with Gasteiger partial charge in [-0.2, -0.15) is 0 Å². The second-order valence-corrected chi connectivity index (χ2v) is 5.78. The van der Waals surface area contributed by atoms with Gasteiger partial charge in [-0.05, 0) is 53.6 Å². The highest BCUT2D eigenvalue weighted by molar-refractivity contribution is 9.10. The molecule has 0 amide bonds. The minimum atomic E-state index is -0.523. The van der Waals surface area contributed by atoms with Gasteiger partial charge in [0.05, 0.1) is 6.10 Å². The molecule has 106 valence electrons. The Bertz CT molecular complexity index is 769. The van der Waals surface area contributed by atoms with Crippen LogP contribution in [-0.4, -0.2) is 10.1 Å². The molecule has 0 aliphatic heterocycles. The van der Waals surface area contributed by atoms with Crippen molar-refractivity contribution in [2.45, 2.75) is 13.0 Å². The number of hydrogen-bond acceptors (Lipinski definition) is 3. The van der Waals surface area contributed by atoms with E-state index in [1.54, 1.807) is 19.2 Å². The largest absolute Gasteiger partial charge is 0.439 e. The normalized spacial score (nSPS) is 12.3. The summed E-state index contributed by atoms with van der Waals surface area (Å²) in [4.78, 5) is 4.20. The lowest BCUT2D eigenvalue weighted by molar-refractivity contribution is 0.198. The molecule has 1 N–H and O–H groups in total. The topological polar surface area (TPSA) is 42.4 Å². The second-order valence-electron chi connectivity index (χ2n) is 4.86. The predicted molar refractivity (Wildman–Crippen MR) is 86.6 cm³/mol. The summed E-state index contributed by atoms with van der Waals surface area (Å²) < 4.78 is 6.80. The van der Waals surface area contributed by atoms with E-state index in [4.69, 9.17) is 4.74 Å². The lowest BCUT2D eigenvalue weighted by Crippen LogP contribution is -1.93. The molecule has 0 aliphatic rings. The average Bonchev–Trinajstić information content (AvgIpc) is 2.48. The van der Waals surface area contributed by atoms with Gasteiger partial charge in [0.2, 0.25) is 5.88 Å². The Kier molecular flexibility index (Phi) is 3.90. The SMILES string of the molecule is C[C@@H](O)c1ccc(Oc2ccc3cc(Br)ccc3c2)nc1. The third-order valence-corrected chi connectivity index (χ3v) is 3.73. The van der Waals surface area contributed by atoms with E-state index in [1.165, 1.54) is 0 Å². The van der Waals surface area contributed by atoms with Gasteiger partial charge in [0, 0.05) is 16.7 Å². The molecule has 21 heavy (non-hydrogen) atoms. The number of fused-ring (bicyclic) bond motifs is 1. The van der Waals surface area contributed by atoms with E-state index in [2.05, 4.69) is 27.0 Å². The Morgan fingerprint density at radius 2 is 1.81 bits per heavy atom. The minimum absolute atomic E-state index is 0.510. The molecule has 1 aromatic heterocycles. The number of halogens is 1. The van der Waals surface area contributed by atoms with Crippen molar-refractivity contribution >= 4 is 26.7 Å². The van der Waals surface area contributed by atoms with Crippen LogP contribution < -0.4 is 4.74 Å². The lowest BCUT2D eigenvalue weighted by atomic mass is 10.1. The smallest absolute Gasteiger partial charge is 0.219 e. The summed E-state index contributed by atoms with van der Waals surface area (Å²) >= 11 is 3.46. The zero-order valence-corrected chi connectivity index (χ0v) is 13.0. The van der Waals surface area contributed by atoms with Gasteiger partial charge in [0.25, 0.3) is 0 Å². The van der Waals surface area contributed by atoms with Crippen LogP contribution in [-0.2, 0) is 0 Å². The van der Waals surface area contributed by atoms with Gasteiger partial charge in [-0.1, -0.05) is 28.1 Å². The van der Waals surface area contributed by atoms with Crippen molar-refractivity contribution in [2.24, 2.45) is 0 Å². The summed E-state index contributed by atoms with van der Waals surface area (Å²) in [5.41, 5.74) is 0.769. The predicted octanol–water partition coefficient (Wildman–Crippen LogP) is 4.84. The number of hydrogen-bond donors (Lipinski definition) is 1. The molecule has 1 atom stereocenters. The summed E-state index contributed by atoms with van der Waals surface area (Å²) in [5, 5.41) is 11.7. The number of rotatable bonds is 3. The van der Waals surface area contributed by atoms with Crippen LogP contribution in [0.15, 0.2) is 59.2 Å². The molecule has 3 aromatic rings. The molecule has 3 nitrogen and oxygen atoms in total. The molecule has 0 aliphatic carbocycles. The number of aliphatic hydroxyl groups excluding tert-OH is 1. The van der Waals surface area contributed by atoms with Crippen LogP contribution in [0.4, 0.5) is 0 Å². The summed E-state index contributed by atoms with van der Waals surface area (Å²) in [7, 11) is 0. The number of nitrogens with zero attached hydrogens (tertiary/aromatic N) is 1. The zero-order chi connectivity index (χ0) is 14.8. The molecule has 4 heteroatoms. The Balaban J connectivity index is 1.85. The van der Waals surface area contributed by atoms with Crippen molar-refractivity contribution in [1.29, 1.82) is 0 Å². The first-order chi connectivity index (χ1) is 10.1. The van der Waals surface area contributed by atoms with Crippen LogP contribution in [0, 0.1) is 0 Å². The first-order valence-electron chi connectivity index (χ1n) is 6.63. The molecule has 0 spiro atoms. The highest BCUT2D eigenvalue weighted by atomic mass is 79.9. The number of aromatic nitrogens is 1. The molecule has 0 saturated carbocycles. The van der Waals surface area contributed by atoms with E-state index in [1.807, 2.05) is 36.4 Å². The zero-order valence-electron chi connectivity index (χ0n) is 11.5. The molecule has 0 fully saturated rings. The average molecular weight is 344 g/mol. The first-order valence-corrected chi connectivity index (χ1v) is 7.42. The van der Waals surface area contributed by atoms with Crippen molar-refractivity contribution in [3.05, 3.63) is 64.8 Å². The van der Waals surface area contributed by atoms with Crippen molar-refractivity contribution in [2.75, 3.05) is 0 Å². The highest BCUT2D eigenvalue weighted by Crippen LogP contribution is 2.27. The fourth-order valence-electron chi connectivity index (χ4n) is 2.08. The summed E-state index contributed by atoms with van der Waals surface area (Å²) in [6.07, 6.45) is 1.10. The van der Waals surface area contributed by atoms with Crippen molar-refractivity contribution in [3.63, 3.8) is 0 Å². The first kappa shape index (κ1) is 14.0. The van der Waals surface area contributed by atoms with Crippen LogP contribution in [0.25, 0.3) is 10.8 Å². The van der Waals surface area contributed by atoms with Crippen molar-refractivity contribution in [1.82, 2.24) is 4.98 Å². The van der Waals surface area contributed by atoms with E-state index >= 15 is 0 Å². The van der Waals surface area contributed by atoms with Crippen LogP contribution >= 0.6 is 15.9 Å². The van der Waals surface area contributed by atoms with Gasteiger partial charge >= 0.3 is 0 Å². The highest BCUT2D eigenvalue weighted by Gasteiger charge is 2.04. The van der Waals surface area contributed by atoms with Crippen molar-refractivity contribution < 1.29 is 9.84 Å². The fourth-order valence-corrected chi connectivity index (χ4v) is 2.46. The number of aliphatic hydroxyl groups is 1. The van der Waals surface area contributed by atoms with Gasteiger partial charge in [-0.15, -0.1) is 0 Å². The Morgan fingerprint density at radius 1 is 1.05 bits per heavy atom. The molecule has 0 saturated heterocycles. The second kappa shape index (κ2) is 5.84. The Hall–Kier alpha value is -1.91. The van der Waals surface area contributed by atoms with Gasteiger partial charge < -0.3 is 9.84 Å². The van der Waals surface area contributed by atoms with Crippen LogP contribution in [0.3, 0.4) is 0 Å². The van der Waals surface area contributed by atoms with E-state index in [-0.39, 0.29) is 0 Å². The molecule has 3 rings (SSSR count). The standard InChI is InChI=1S/C17H14BrNO2/c1-11(20)14-4-7-17(19-10-14)21-16-6-3-12-8-15(18)5-2-13(12)9-16/h2-11,20H,1H3/t11-/m1/s1. The summed E-state index contributed by atoms with van der Waals surface area (Å²) in [5.74, 6) is 1.25. The van der Waals surface area contributed by atoms with Gasteiger partial charge in [-0.3, -0.25) is 0 Å². The Morgan fingerprint density at radius 3 is 2.52 bits per heavy atom. The molecule has 1 heterocycles. The molecule has 0 radical (unpaired) electrons. The molecular formula is C17H14BrNO2. The molecule has 0 unspecified atom stereocenters. The Labute approximate surface area is 131 Å². The minimum Gasteiger partial charge on any atom is -0.439 e. The molecular weight excluding hydrogens is 330 g/mol. The van der Waals surface area contributed by atoms with Gasteiger partial charge in [-0.25, -0.2) is 4.98 Å². The maximum absolute atomic E-state index is 9.46. The fraction of sp³-hybridized carbons (Fsp3) is 0.118. The lowest BCUT2D eigenvalue weighted by Gasteiger charge is -2.08. The van der Waals surface area contributed by atoms with Crippen molar-refractivity contribution in [3.8, 4) is 11.6 Å². The van der Waals surface area contributed by atoms with Gasteiger partial charge in [0.1, 0.15) is 5.75 Å². The monoisotopic (exact) mass is 343 g/mol. The van der Waals surface area contributed by atoms with E-state index in [0.717, 1.165) is 26.6 Å². The third-order valence-electron chi connectivity index (χ3n) is 3.24. The molecule has 0 bridgehead atoms. The van der Waals surface area contributed by atoms with Crippen LogP contribution in [0.5, 0.6) is 11.6 Å². The van der Waals surface area contributed by atoms with Crippen LogP contribution in [0.2, 0.25) is 0 Å². The third kappa shape index (κ3) is 3.23. The van der Waals surface area contributed by atoms with E-state index in [0.29, 0.717) is 5.88 Å². The number of benzene rings is 2. The van der Waals surface area contributed by atoms with E-state index < -0.39 is 6.10 Å². The number of pyridine rings is 1. The summed E-state index contributed by atoms with van der Waals surface area (Å²) in [6.45, 7) is 1.71. The maximum atomic E-state index is 9.46. The number of ether oxygens (including phenoxy) is 1. The molecule has 2 aromatic carbocycles. The summed E-state index contributed by atoms with van der Waals surface area (Å²) in [6, 6.07) is 15.6. The van der Waals surface area contributed by atoms with Gasteiger partial charge in [0.15, 0.2) is 0 Å². The quantitative estimate of drug-likeness (QED) is 0.739. The van der Waals surface area contributed by atoms with Crippen LogP contribution in [0.1, 0.15) is 18.6 Å².